The van der Waals surface area contributed by atoms with Gasteiger partial charge in [-0.1, -0.05) is 31.9 Å². The Kier molecular flexibility index (Phi) is 5.19. The van der Waals surface area contributed by atoms with Crippen molar-refractivity contribution in [2.75, 3.05) is 6.54 Å². The lowest BCUT2D eigenvalue weighted by molar-refractivity contribution is -0.121. The topological polar surface area (TPSA) is 74.0 Å². The van der Waals surface area contributed by atoms with Crippen LogP contribution in [0, 0.1) is 5.92 Å². The second kappa shape index (κ2) is 7.75. The van der Waals surface area contributed by atoms with Crippen LogP contribution < -0.4 is 10.6 Å². The highest BCUT2D eigenvalue weighted by molar-refractivity contribution is 6.06. The van der Waals surface area contributed by atoms with Gasteiger partial charge >= 0.3 is 0 Å². The van der Waals surface area contributed by atoms with E-state index in [1.165, 1.54) is 35.9 Å². The smallest absolute Gasteiger partial charge is 0.253 e. The van der Waals surface area contributed by atoms with Gasteiger partial charge in [0, 0.05) is 30.1 Å². The molecule has 1 saturated carbocycles. The van der Waals surface area contributed by atoms with Crippen molar-refractivity contribution in [3.63, 3.8) is 0 Å². The number of amides is 2. The minimum Gasteiger partial charge on any atom is -0.358 e. The zero-order chi connectivity index (χ0) is 18.8. The third-order valence-electron chi connectivity index (χ3n) is 6.07. The number of para-hydroxylation sites is 1. The molecule has 1 unspecified atom stereocenters. The Labute approximate surface area is 160 Å². The fourth-order valence-corrected chi connectivity index (χ4v) is 4.56. The largest absolute Gasteiger partial charge is 0.358 e. The molecule has 144 valence electrons. The van der Waals surface area contributed by atoms with E-state index in [2.05, 4.69) is 28.6 Å². The molecule has 2 aliphatic rings. The Hall–Kier alpha value is -2.30. The number of benzene rings is 1. The van der Waals surface area contributed by atoms with Crippen molar-refractivity contribution >= 4 is 22.7 Å². The number of fused-ring (bicyclic) bond motifs is 3. The molecule has 1 fully saturated rings. The van der Waals surface area contributed by atoms with Gasteiger partial charge in [0.15, 0.2) is 0 Å². The number of rotatable bonds is 5. The molecule has 0 saturated heterocycles. The van der Waals surface area contributed by atoms with E-state index in [-0.39, 0.29) is 11.8 Å². The Bertz CT molecular complexity index is 849. The highest BCUT2D eigenvalue weighted by Gasteiger charge is 2.22. The van der Waals surface area contributed by atoms with Crippen LogP contribution in [0.5, 0.6) is 0 Å². The van der Waals surface area contributed by atoms with Crippen LogP contribution in [-0.2, 0) is 17.6 Å². The first-order chi connectivity index (χ1) is 13.1. The molecular formula is C22H29N3O2. The van der Waals surface area contributed by atoms with Crippen LogP contribution in [0.25, 0.3) is 10.9 Å². The van der Waals surface area contributed by atoms with Crippen LogP contribution >= 0.6 is 0 Å². The first-order valence-corrected chi connectivity index (χ1v) is 10.3. The highest BCUT2D eigenvalue weighted by Crippen LogP contribution is 2.32. The number of hydrogen-bond donors (Lipinski definition) is 3. The summed E-state index contributed by atoms with van der Waals surface area (Å²) in [5, 5.41) is 7.15. The summed E-state index contributed by atoms with van der Waals surface area (Å²) >= 11 is 0. The summed E-state index contributed by atoms with van der Waals surface area (Å²) in [6.45, 7) is 2.65. The Morgan fingerprint density at radius 1 is 1.19 bits per heavy atom. The minimum absolute atomic E-state index is 0.0322. The minimum atomic E-state index is -0.110. The van der Waals surface area contributed by atoms with Crippen LogP contribution in [0.3, 0.4) is 0 Å². The molecule has 2 amide bonds. The van der Waals surface area contributed by atoms with Gasteiger partial charge in [0.1, 0.15) is 0 Å². The second-order valence-electron chi connectivity index (χ2n) is 8.21. The molecule has 1 heterocycles. The third kappa shape index (κ3) is 3.87. The Balaban J connectivity index is 1.40. The summed E-state index contributed by atoms with van der Waals surface area (Å²) in [7, 11) is 0. The molecule has 0 spiro atoms. The molecule has 3 N–H and O–H groups in total. The summed E-state index contributed by atoms with van der Waals surface area (Å²) in [5.41, 5.74) is 4.25. The SMILES string of the molecule is CC1CCc2[nH]c3c(C(=O)NCCC(=O)NC4CCCC4)cccc3c2C1. The van der Waals surface area contributed by atoms with E-state index in [9.17, 15) is 9.59 Å². The fourth-order valence-electron chi connectivity index (χ4n) is 4.56. The number of aromatic nitrogens is 1. The zero-order valence-corrected chi connectivity index (χ0v) is 16.1. The molecule has 0 bridgehead atoms. The van der Waals surface area contributed by atoms with E-state index in [1.54, 1.807) is 0 Å². The predicted octanol–water partition coefficient (Wildman–Crippen LogP) is 3.47. The molecule has 0 aliphatic heterocycles. The number of carbonyl (C=O) groups is 2. The molecule has 5 heteroatoms. The number of aromatic amines is 1. The van der Waals surface area contributed by atoms with Crippen molar-refractivity contribution < 1.29 is 9.59 Å². The molecule has 1 atom stereocenters. The molecule has 27 heavy (non-hydrogen) atoms. The van der Waals surface area contributed by atoms with Crippen molar-refractivity contribution in [2.24, 2.45) is 5.92 Å². The van der Waals surface area contributed by atoms with Gasteiger partial charge in [-0.05, 0) is 49.7 Å². The van der Waals surface area contributed by atoms with Gasteiger partial charge < -0.3 is 15.6 Å². The van der Waals surface area contributed by atoms with E-state index in [0.29, 0.717) is 30.5 Å². The maximum atomic E-state index is 12.7. The molecule has 2 aromatic rings. The van der Waals surface area contributed by atoms with Crippen LogP contribution in [0.2, 0.25) is 0 Å². The lowest BCUT2D eigenvalue weighted by Crippen LogP contribution is -2.35. The number of aryl methyl sites for hydroxylation is 1. The molecule has 2 aliphatic carbocycles. The number of carbonyl (C=O) groups excluding carboxylic acids is 2. The first-order valence-electron chi connectivity index (χ1n) is 10.3. The van der Waals surface area contributed by atoms with Crippen LogP contribution in [-0.4, -0.2) is 29.4 Å². The van der Waals surface area contributed by atoms with E-state index < -0.39 is 0 Å². The van der Waals surface area contributed by atoms with Crippen molar-refractivity contribution in [1.29, 1.82) is 0 Å². The summed E-state index contributed by atoms with van der Waals surface area (Å²) in [6.07, 6.45) is 8.20. The van der Waals surface area contributed by atoms with Gasteiger partial charge in [-0.25, -0.2) is 0 Å². The van der Waals surface area contributed by atoms with Crippen LogP contribution in [0.15, 0.2) is 18.2 Å². The fraction of sp³-hybridized carbons (Fsp3) is 0.545. The van der Waals surface area contributed by atoms with Crippen LogP contribution in [0.4, 0.5) is 0 Å². The van der Waals surface area contributed by atoms with Gasteiger partial charge in [0.05, 0.1) is 11.1 Å². The normalized spacial score (nSPS) is 19.8. The lowest BCUT2D eigenvalue weighted by atomic mass is 9.87. The number of nitrogens with one attached hydrogen (secondary N) is 3. The quantitative estimate of drug-likeness (QED) is 0.757. The Morgan fingerprint density at radius 2 is 2.00 bits per heavy atom. The summed E-state index contributed by atoms with van der Waals surface area (Å²) in [6, 6.07) is 6.25. The molecule has 4 rings (SSSR count). The Morgan fingerprint density at radius 3 is 2.81 bits per heavy atom. The standard InChI is InChI=1S/C22H29N3O2/c1-14-9-10-19-18(13-14)16-7-4-8-17(21(16)25-19)22(27)23-12-11-20(26)24-15-5-2-3-6-15/h4,7-8,14-15,25H,2-3,5-6,9-13H2,1H3,(H,23,27)(H,24,26). The van der Waals surface area contributed by atoms with Gasteiger partial charge in [-0.3, -0.25) is 9.59 Å². The summed E-state index contributed by atoms with van der Waals surface area (Å²) < 4.78 is 0. The van der Waals surface area contributed by atoms with Crippen molar-refractivity contribution in [1.82, 2.24) is 15.6 Å². The number of hydrogen-bond acceptors (Lipinski definition) is 2. The van der Waals surface area contributed by atoms with Crippen molar-refractivity contribution in [2.45, 2.75) is 64.3 Å². The second-order valence-corrected chi connectivity index (χ2v) is 8.21. The maximum absolute atomic E-state index is 12.7. The highest BCUT2D eigenvalue weighted by atomic mass is 16.2. The monoisotopic (exact) mass is 367 g/mol. The van der Waals surface area contributed by atoms with Crippen molar-refractivity contribution in [3.05, 3.63) is 35.0 Å². The van der Waals surface area contributed by atoms with Crippen molar-refractivity contribution in [3.8, 4) is 0 Å². The molecule has 5 nitrogen and oxygen atoms in total. The van der Waals surface area contributed by atoms with Crippen LogP contribution in [0.1, 0.15) is 67.1 Å². The summed E-state index contributed by atoms with van der Waals surface area (Å²) in [4.78, 5) is 28.2. The zero-order valence-electron chi connectivity index (χ0n) is 16.1. The molecular weight excluding hydrogens is 338 g/mol. The van der Waals surface area contributed by atoms with E-state index >= 15 is 0 Å². The van der Waals surface area contributed by atoms with E-state index in [1.807, 2.05) is 12.1 Å². The average molecular weight is 367 g/mol. The lowest BCUT2D eigenvalue weighted by Gasteiger charge is -2.17. The first kappa shape index (κ1) is 18.1. The predicted molar refractivity (Wildman–Crippen MR) is 107 cm³/mol. The van der Waals surface area contributed by atoms with Gasteiger partial charge in [0.2, 0.25) is 5.91 Å². The molecule has 1 aromatic heterocycles. The van der Waals surface area contributed by atoms with Gasteiger partial charge in [0.25, 0.3) is 5.91 Å². The molecule has 0 radical (unpaired) electrons. The summed E-state index contributed by atoms with van der Waals surface area (Å²) in [5.74, 6) is 0.609. The van der Waals surface area contributed by atoms with Gasteiger partial charge in [-0.15, -0.1) is 0 Å². The van der Waals surface area contributed by atoms with E-state index in [4.69, 9.17) is 0 Å². The van der Waals surface area contributed by atoms with Gasteiger partial charge in [-0.2, -0.15) is 0 Å². The maximum Gasteiger partial charge on any atom is 0.253 e. The number of H-pyrrole nitrogens is 1. The van der Waals surface area contributed by atoms with E-state index in [0.717, 1.165) is 31.2 Å². The average Bonchev–Trinajstić information content (AvgIpc) is 3.28. The molecule has 1 aromatic carbocycles. The third-order valence-corrected chi connectivity index (χ3v) is 6.07.